The molecule has 0 bridgehead atoms. The van der Waals surface area contributed by atoms with Crippen molar-refractivity contribution in [1.82, 2.24) is 29.6 Å². The first-order valence-corrected chi connectivity index (χ1v) is 10.9. The number of aromatic nitrogens is 5. The van der Waals surface area contributed by atoms with Gasteiger partial charge in [-0.1, -0.05) is 41.9 Å². The Morgan fingerprint density at radius 3 is 2.56 bits per heavy atom. The highest BCUT2D eigenvalue weighted by molar-refractivity contribution is 6.32. The molecule has 7 nitrogen and oxygen atoms in total. The number of halogens is 1. The summed E-state index contributed by atoms with van der Waals surface area (Å²) < 4.78 is 1.99. The van der Waals surface area contributed by atoms with Crippen LogP contribution in [0.1, 0.15) is 40.5 Å². The van der Waals surface area contributed by atoms with E-state index in [1.165, 1.54) is 6.33 Å². The van der Waals surface area contributed by atoms with Crippen LogP contribution in [0.5, 0.6) is 0 Å². The molecule has 3 heterocycles. The summed E-state index contributed by atoms with van der Waals surface area (Å²) in [6.45, 7) is 0.676. The Morgan fingerprint density at radius 2 is 1.78 bits per heavy atom. The maximum atomic E-state index is 12.9. The molecule has 0 radical (unpaired) electrons. The van der Waals surface area contributed by atoms with E-state index in [9.17, 15) is 4.79 Å². The largest absolute Gasteiger partial charge is 0.331 e. The number of carbonyl (C=O) groups excluding carboxylic acids is 1. The number of fused-ring (bicyclic) bond motifs is 1. The Labute approximate surface area is 189 Å². The maximum Gasteiger partial charge on any atom is 0.254 e. The van der Waals surface area contributed by atoms with Crippen LogP contribution in [0, 0.1) is 0 Å². The van der Waals surface area contributed by atoms with Gasteiger partial charge in [-0.15, -0.1) is 10.2 Å². The summed E-state index contributed by atoms with van der Waals surface area (Å²) >= 11 is 6.55. The minimum absolute atomic E-state index is 0.123. The number of hydrogen-bond donors (Lipinski definition) is 0. The molecule has 2 aromatic heterocycles. The molecule has 6 rings (SSSR count). The van der Waals surface area contributed by atoms with E-state index >= 15 is 0 Å². The van der Waals surface area contributed by atoms with Crippen molar-refractivity contribution >= 4 is 17.5 Å². The van der Waals surface area contributed by atoms with Crippen molar-refractivity contribution in [3.63, 3.8) is 0 Å². The molecular formula is C24H19ClN6O. The van der Waals surface area contributed by atoms with Gasteiger partial charge < -0.3 is 4.90 Å². The molecule has 1 saturated carbocycles. The molecule has 0 atom stereocenters. The smallest absolute Gasteiger partial charge is 0.254 e. The monoisotopic (exact) mass is 442 g/mol. The van der Waals surface area contributed by atoms with E-state index in [-0.39, 0.29) is 17.9 Å². The van der Waals surface area contributed by atoms with Gasteiger partial charge in [0.2, 0.25) is 0 Å². The number of para-hydroxylation sites is 1. The zero-order valence-corrected chi connectivity index (χ0v) is 17.9. The topological polar surface area (TPSA) is 76.8 Å². The van der Waals surface area contributed by atoms with Crippen LogP contribution in [0.2, 0.25) is 5.02 Å². The lowest BCUT2D eigenvalue weighted by atomic mass is 9.78. The van der Waals surface area contributed by atoms with E-state index in [2.05, 4.69) is 20.2 Å². The molecule has 158 valence electrons. The third kappa shape index (κ3) is 3.00. The zero-order chi connectivity index (χ0) is 21.7. The zero-order valence-electron chi connectivity index (χ0n) is 17.1. The second-order valence-corrected chi connectivity index (χ2v) is 8.58. The van der Waals surface area contributed by atoms with Crippen molar-refractivity contribution < 1.29 is 4.79 Å². The average molecular weight is 443 g/mol. The van der Waals surface area contributed by atoms with Gasteiger partial charge in [-0.3, -0.25) is 9.36 Å². The van der Waals surface area contributed by atoms with Gasteiger partial charge in [-0.2, -0.15) is 0 Å². The van der Waals surface area contributed by atoms with Crippen molar-refractivity contribution in [1.29, 1.82) is 0 Å². The molecule has 8 heteroatoms. The molecule has 0 saturated heterocycles. The number of hydrogen-bond acceptors (Lipinski definition) is 5. The lowest BCUT2D eigenvalue weighted by molar-refractivity contribution is 0.0560. The molecule has 1 aliphatic heterocycles. The molecule has 0 spiro atoms. The van der Waals surface area contributed by atoms with Crippen molar-refractivity contribution in [3.05, 3.63) is 89.1 Å². The summed E-state index contributed by atoms with van der Waals surface area (Å²) in [5, 5.41) is 9.62. The van der Waals surface area contributed by atoms with Gasteiger partial charge in [0.05, 0.1) is 10.7 Å². The Morgan fingerprint density at radius 1 is 0.969 bits per heavy atom. The predicted molar refractivity (Wildman–Crippen MR) is 119 cm³/mol. The van der Waals surface area contributed by atoms with E-state index < -0.39 is 0 Å². The Hall–Kier alpha value is -3.58. The van der Waals surface area contributed by atoms with E-state index in [0.717, 1.165) is 35.5 Å². The van der Waals surface area contributed by atoms with Crippen molar-refractivity contribution in [2.45, 2.75) is 31.3 Å². The standard InChI is InChI=1S/C24H19ClN6O/c25-19-7-3-4-8-21(19)31-22(28-29-23(31)20-9-10-26-14-27-20)16-11-17(12-16)30-13-15-5-1-2-6-18(15)24(30)32/h1-10,14,16-17H,11-13H2. The minimum atomic E-state index is 0.123. The summed E-state index contributed by atoms with van der Waals surface area (Å²) in [6, 6.07) is 17.5. The highest BCUT2D eigenvalue weighted by Crippen LogP contribution is 2.43. The minimum Gasteiger partial charge on any atom is -0.331 e. The fourth-order valence-electron chi connectivity index (χ4n) is 4.64. The number of rotatable bonds is 4. The average Bonchev–Trinajstić information content (AvgIpc) is 3.36. The summed E-state index contributed by atoms with van der Waals surface area (Å²) in [5.74, 6) is 1.77. The third-order valence-electron chi connectivity index (χ3n) is 6.36. The van der Waals surface area contributed by atoms with Crippen LogP contribution in [0.15, 0.2) is 67.1 Å². The second kappa shape index (κ2) is 7.53. The van der Waals surface area contributed by atoms with Gasteiger partial charge in [0.1, 0.15) is 17.8 Å². The third-order valence-corrected chi connectivity index (χ3v) is 6.68. The summed E-state index contributed by atoms with van der Waals surface area (Å²) in [5.41, 5.74) is 3.42. The molecule has 1 fully saturated rings. The Kier molecular flexibility index (Phi) is 4.50. The number of nitrogens with zero attached hydrogens (tertiary/aromatic N) is 6. The van der Waals surface area contributed by atoms with E-state index in [4.69, 9.17) is 11.6 Å². The van der Waals surface area contributed by atoms with Crippen LogP contribution >= 0.6 is 11.6 Å². The highest BCUT2D eigenvalue weighted by atomic mass is 35.5. The molecule has 1 amide bonds. The summed E-state index contributed by atoms with van der Waals surface area (Å²) in [6.07, 6.45) is 4.86. The summed E-state index contributed by atoms with van der Waals surface area (Å²) in [7, 11) is 0. The van der Waals surface area contributed by atoms with Crippen molar-refractivity contribution in [2.75, 3.05) is 0 Å². The lowest BCUT2D eigenvalue weighted by Gasteiger charge is -2.40. The van der Waals surface area contributed by atoms with E-state index in [0.29, 0.717) is 23.1 Å². The van der Waals surface area contributed by atoms with E-state index in [1.54, 1.807) is 6.20 Å². The van der Waals surface area contributed by atoms with Crippen LogP contribution in [0.4, 0.5) is 0 Å². The second-order valence-electron chi connectivity index (χ2n) is 8.18. The molecular weight excluding hydrogens is 424 g/mol. The molecule has 0 N–H and O–H groups in total. The first kappa shape index (κ1) is 19.1. The molecule has 1 aliphatic carbocycles. The first-order valence-electron chi connectivity index (χ1n) is 10.6. The Balaban J connectivity index is 1.32. The van der Waals surface area contributed by atoms with Gasteiger partial charge in [0, 0.05) is 30.3 Å². The highest BCUT2D eigenvalue weighted by Gasteiger charge is 2.42. The predicted octanol–water partition coefficient (Wildman–Crippen LogP) is 4.28. The lowest BCUT2D eigenvalue weighted by Crippen LogP contribution is -2.44. The van der Waals surface area contributed by atoms with Gasteiger partial charge in [0.25, 0.3) is 5.91 Å². The SMILES string of the molecule is O=C1c2ccccc2CN1C1CC(c2nnc(-c3ccncn3)n2-c2ccccc2Cl)C1. The first-order chi connectivity index (χ1) is 15.7. The number of benzene rings is 2. The molecule has 4 aromatic rings. The fraction of sp³-hybridized carbons (Fsp3) is 0.208. The van der Waals surface area contributed by atoms with Crippen LogP contribution in [-0.4, -0.2) is 41.6 Å². The van der Waals surface area contributed by atoms with Gasteiger partial charge in [-0.05, 0) is 42.7 Å². The quantitative estimate of drug-likeness (QED) is 0.471. The fourth-order valence-corrected chi connectivity index (χ4v) is 4.87. The van der Waals surface area contributed by atoms with Crippen molar-refractivity contribution in [3.8, 4) is 17.2 Å². The van der Waals surface area contributed by atoms with Gasteiger partial charge in [0.15, 0.2) is 5.82 Å². The number of carbonyl (C=O) groups is 1. The molecule has 2 aliphatic rings. The normalized spacial score (nSPS) is 19.7. The molecule has 0 unspecified atom stereocenters. The van der Waals surface area contributed by atoms with Crippen LogP contribution in [0.25, 0.3) is 17.2 Å². The Bertz CT molecular complexity index is 1320. The molecule has 2 aromatic carbocycles. The maximum absolute atomic E-state index is 12.9. The van der Waals surface area contributed by atoms with Crippen LogP contribution < -0.4 is 0 Å². The van der Waals surface area contributed by atoms with Crippen molar-refractivity contribution in [2.24, 2.45) is 0 Å². The van der Waals surface area contributed by atoms with Crippen LogP contribution in [-0.2, 0) is 6.54 Å². The molecule has 32 heavy (non-hydrogen) atoms. The number of amides is 1. The van der Waals surface area contributed by atoms with Crippen LogP contribution in [0.3, 0.4) is 0 Å². The summed E-state index contributed by atoms with van der Waals surface area (Å²) in [4.78, 5) is 23.2. The van der Waals surface area contributed by atoms with Gasteiger partial charge >= 0.3 is 0 Å². The van der Waals surface area contributed by atoms with E-state index in [1.807, 2.05) is 64.1 Å². The van der Waals surface area contributed by atoms with Gasteiger partial charge in [-0.25, -0.2) is 9.97 Å².